The van der Waals surface area contributed by atoms with E-state index in [1.165, 1.54) is 17.4 Å². The molecule has 3 rings (SSSR count). The van der Waals surface area contributed by atoms with Crippen LogP contribution in [0.4, 0.5) is 15.8 Å². The Morgan fingerprint density at radius 3 is 2.70 bits per heavy atom. The molecule has 0 aliphatic rings. The van der Waals surface area contributed by atoms with Gasteiger partial charge in [-0.2, -0.15) is 0 Å². The molecule has 0 atom stereocenters. The monoisotopic (exact) mass is 383 g/mol. The van der Waals surface area contributed by atoms with E-state index in [1.807, 2.05) is 37.4 Å². The zero-order valence-corrected chi connectivity index (χ0v) is 16.2. The Kier molecular flexibility index (Phi) is 6.19. The number of carbonyl (C=O) groups excluding carboxylic acids is 1. The van der Waals surface area contributed by atoms with Crippen molar-refractivity contribution in [2.45, 2.75) is 33.2 Å². The summed E-state index contributed by atoms with van der Waals surface area (Å²) in [6.07, 6.45) is 1.33. The fourth-order valence-corrected chi connectivity index (χ4v) is 3.58. The van der Waals surface area contributed by atoms with Gasteiger partial charge in [0.05, 0.1) is 12.2 Å². The Bertz CT molecular complexity index is 939. The van der Waals surface area contributed by atoms with Gasteiger partial charge in [-0.15, -0.1) is 11.3 Å². The smallest absolute Gasteiger partial charge is 0.224 e. The first-order valence-corrected chi connectivity index (χ1v) is 9.79. The van der Waals surface area contributed by atoms with E-state index in [9.17, 15) is 9.18 Å². The highest BCUT2D eigenvalue weighted by molar-refractivity contribution is 7.13. The van der Waals surface area contributed by atoms with Crippen LogP contribution >= 0.6 is 11.3 Å². The molecule has 0 aliphatic carbocycles. The van der Waals surface area contributed by atoms with Crippen LogP contribution in [-0.4, -0.2) is 10.9 Å². The van der Waals surface area contributed by atoms with Crippen molar-refractivity contribution in [1.29, 1.82) is 0 Å². The van der Waals surface area contributed by atoms with Gasteiger partial charge in [-0.3, -0.25) is 4.79 Å². The van der Waals surface area contributed by atoms with Crippen molar-refractivity contribution in [3.8, 4) is 10.6 Å². The first-order valence-electron chi connectivity index (χ1n) is 8.91. The summed E-state index contributed by atoms with van der Waals surface area (Å²) in [5.74, 6) is -0.246. The molecule has 0 radical (unpaired) electrons. The van der Waals surface area contributed by atoms with Gasteiger partial charge < -0.3 is 10.6 Å². The normalized spacial score (nSPS) is 10.6. The van der Waals surface area contributed by atoms with Gasteiger partial charge in [-0.05, 0) is 43.2 Å². The van der Waals surface area contributed by atoms with Gasteiger partial charge in [0.25, 0.3) is 0 Å². The Balaban J connectivity index is 1.69. The molecule has 0 fully saturated rings. The standard InChI is InChI=1S/C21H22FN3OS/c1-3-7-20(26)25-19-11-6-10-18(14(19)2)23-12-15-13-27-21(24-15)16-8-4-5-9-17(16)22/h4-6,8-11,13,23H,3,7,12H2,1-2H3,(H,25,26). The van der Waals surface area contributed by atoms with E-state index >= 15 is 0 Å². The van der Waals surface area contributed by atoms with Crippen molar-refractivity contribution in [2.24, 2.45) is 0 Å². The average Bonchev–Trinajstić information content (AvgIpc) is 3.12. The van der Waals surface area contributed by atoms with Crippen LogP contribution in [0, 0.1) is 12.7 Å². The van der Waals surface area contributed by atoms with Crippen LogP contribution < -0.4 is 10.6 Å². The number of rotatable bonds is 7. The summed E-state index contributed by atoms with van der Waals surface area (Å²) in [5.41, 5.74) is 4.09. The summed E-state index contributed by atoms with van der Waals surface area (Å²) in [4.78, 5) is 16.4. The van der Waals surface area contributed by atoms with Crippen LogP contribution in [-0.2, 0) is 11.3 Å². The third-order valence-electron chi connectivity index (χ3n) is 4.20. The lowest BCUT2D eigenvalue weighted by atomic mass is 10.1. The molecule has 27 heavy (non-hydrogen) atoms. The van der Waals surface area contributed by atoms with Crippen molar-refractivity contribution in [1.82, 2.24) is 4.98 Å². The van der Waals surface area contributed by atoms with Crippen molar-refractivity contribution >= 4 is 28.6 Å². The summed E-state index contributed by atoms with van der Waals surface area (Å²) in [7, 11) is 0. The molecule has 3 aromatic rings. The lowest BCUT2D eigenvalue weighted by molar-refractivity contribution is -0.116. The lowest BCUT2D eigenvalue weighted by Gasteiger charge is -2.13. The minimum atomic E-state index is -0.266. The number of carbonyl (C=O) groups is 1. The third kappa shape index (κ3) is 4.71. The molecule has 2 N–H and O–H groups in total. The van der Waals surface area contributed by atoms with E-state index in [1.54, 1.807) is 18.2 Å². The second kappa shape index (κ2) is 8.77. The van der Waals surface area contributed by atoms with Crippen LogP contribution in [0.2, 0.25) is 0 Å². The van der Waals surface area contributed by atoms with Crippen molar-refractivity contribution in [3.05, 3.63) is 64.9 Å². The fraction of sp³-hybridized carbons (Fsp3) is 0.238. The Hall–Kier alpha value is -2.73. The number of amides is 1. The van der Waals surface area contributed by atoms with E-state index in [0.29, 0.717) is 23.5 Å². The van der Waals surface area contributed by atoms with Gasteiger partial charge in [-0.1, -0.05) is 25.1 Å². The number of benzene rings is 2. The molecule has 0 saturated heterocycles. The molecule has 0 spiro atoms. The molecular weight excluding hydrogens is 361 g/mol. The molecule has 4 nitrogen and oxygen atoms in total. The first-order chi connectivity index (χ1) is 13.1. The molecule has 1 aromatic heterocycles. The Morgan fingerprint density at radius 1 is 1.15 bits per heavy atom. The van der Waals surface area contributed by atoms with Gasteiger partial charge in [0.15, 0.2) is 0 Å². The third-order valence-corrected chi connectivity index (χ3v) is 5.13. The number of hydrogen-bond donors (Lipinski definition) is 2. The number of hydrogen-bond acceptors (Lipinski definition) is 4. The topological polar surface area (TPSA) is 54.0 Å². The van der Waals surface area contributed by atoms with E-state index in [-0.39, 0.29) is 11.7 Å². The predicted octanol–water partition coefficient (Wildman–Crippen LogP) is 5.61. The largest absolute Gasteiger partial charge is 0.379 e. The maximum absolute atomic E-state index is 13.9. The van der Waals surface area contributed by atoms with Gasteiger partial charge in [0.2, 0.25) is 5.91 Å². The summed E-state index contributed by atoms with van der Waals surface area (Å²) in [6.45, 7) is 4.47. The summed E-state index contributed by atoms with van der Waals surface area (Å²) < 4.78 is 13.9. The highest BCUT2D eigenvalue weighted by atomic mass is 32.1. The van der Waals surface area contributed by atoms with Crippen molar-refractivity contribution in [2.75, 3.05) is 10.6 Å². The second-order valence-electron chi connectivity index (χ2n) is 6.25. The first kappa shape index (κ1) is 19.0. The Morgan fingerprint density at radius 2 is 1.93 bits per heavy atom. The highest BCUT2D eigenvalue weighted by Gasteiger charge is 2.10. The van der Waals surface area contributed by atoms with Crippen LogP contribution in [0.5, 0.6) is 0 Å². The SMILES string of the molecule is CCCC(=O)Nc1cccc(NCc2csc(-c3ccccc3F)n2)c1C. The zero-order chi connectivity index (χ0) is 19.2. The van der Waals surface area contributed by atoms with Crippen molar-refractivity contribution in [3.63, 3.8) is 0 Å². The quantitative estimate of drug-likeness (QED) is 0.558. The number of thiazole rings is 1. The lowest BCUT2D eigenvalue weighted by Crippen LogP contribution is -2.12. The number of nitrogens with one attached hydrogen (secondary N) is 2. The molecule has 2 aromatic carbocycles. The predicted molar refractivity (Wildman–Crippen MR) is 110 cm³/mol. The molecule has 6 heteroatoms. The average molecular weight is 383 g/mol. The maximum Gasteiger partial charge on any atom is 0.224 e. The molecular formula is C21H22FN3OS. The minimum Gasteiger partial charge on any atom is -0.379 e. The molecule has 1 amide bonds. The van der Waals surface area contributed by atoms with Gasteiger partial charge in [0.1, 0.15) is 10.8 Å². The number of anilines is 2. The summed E-state index contributed by atoms with van der Waals surface area (Å²) in [6, 6.07) is 12.4. The molecule has 0 bridgehead atoms. The van der Waals surface area contributed by atoms with Crippen LogP contribution in [0.15, 0.2) is 47.8 Å². The van der Waals surface area contributed by atoms with Crippen molar-refractivity contribution < 1.29 is 9.18 Å². The highest BCUT2D eigenvalue weighted by Crippen LogP contribution is 2.27. The number of aromatic nitrogens is 1. The van der Waals surface area contributed by atoms with Gasteiger partial charge >= 0.3 is 0 Å². The van der Waals surface area contributed by atoms with Crippen LogP contribution in [0.1, 0.15) is 31.0 Å². The molecule has 0 saturated carbocycles. The van der Waals surface area contributed by atoms with E-state index in [2.05, 4.69) is 15.6 Å². The minimum absolute atomic E-state index is 0.0202. The van der Waals surface area contributed by atoms with Crippen LogP contribution in [0.3, 0.4) is 0 Å². The van der Waals surface area contributed by atoms with E-state index in [0.717, 1.165) is 29.1 Å². The van der Waals surface area contributed by atoms with E-state index < -0.39 is 0 Å². The molecule has 1 heterocycles. The number of halogens is 1. The maximum atomic E-state index is 13.9. The summed E-state index contributed by atoms with van der Waals surface area (Å²) >= 11 is 1.43. The molecule has 140 valence electrons. The van der Waals surface area contributed by atoms with Crippen LogP contribution in [0.25, 0.3) is 10.6 Å². The Labute approximate surface area is 162 Å². The zero-order valence-electron chi connectivity index (χ0n) is 15.4. The van der Waals surface area contributed by atoms with E-state index in [4.69, 9.17) is 0 Å². The second-order valence-corrected chi connectivity index (χ2v) is 7.11. The van der Waals surface area contributed by atoms with Gasteiger partial charge in [-0.25, -0.2) is 9.37 Å². The fourth-order valence-electron chi connectivity index (χ4n) is 2.73. The van der Waals surface area contributed by atoms with Gasteiger partial charge in [0, 0.05) is 28.7 Å². The molecule has 0 aliphatic heterocycles. The molecule has 0 unspecified atom stereocenters. The summed E-state index contributed by atoms with van der Waals surface area (Å²) in [5, 5.41) is 8.90. The number of nitrogens with zero attached hydrogens (tertiary/aromatic N) is 1.